The molecule has 0 aliphatic carbocycles. The number of halogens is 1. The first-order valence-corrected chi connectivity index (χ1v) is 6.66. The summed E-state index contributed by atoms with van der Waals surface area (Å²) in [6.45, 7) is 2.79. The van der Waals surface area contributed by atoms with Crippen LogP contribution in [0.15, 0.2) is 12.1 Å². The van der Waals surface area contributed by atoms with E-state index >= 15 is 0 Å². The third-order valence-corrected chi connectivity index (χ3v) is 3.63. The summed E-state index contributed by atoms with van der Waals surface area (Å²) in [5.41, 5.74) is 0.751. The zero-order chi connectivity index (χ0) is 14.5. The first-order valence-electron chi connectivity index (χ1n) is 6.66. The molecule has 0 saturated carbocycles. The van der Waals surface area contributed by atoms with Crippen molar-refractivity contribution in [3.63, 3.8) is 0 Å². The van der Waals surface area contributed by atoms with Crippen LogP contribution < -0.4 is 14.8 Å². The minimum Gasteiger partial charge on any atom is -0.502 e. The number of hydrogen-bond acceptors (Lipinski definition) is 5. The van der Waals surface area contributed by atoms with Crippen LogP contribution in [0.4, 0.5) is 4.39 Å². The third kappa shape index (κ3) is 2.96. The summed E-state index contributed by atoms with van der Waals surface area (Å²) in [6, 6.07) is 2.99. The molecule has 2 N–H and O–H groups in total. The normalized spacial score (nSPS) is 17.8. The van der Waals surface area contributed by atoms with Crippen LogP contribution in [0.25, 0.3) is 0 Å². The minimum atomic E-state index is -0.489. The molecule has 1 aromatic rings. The van der Waals surface area contributed by atoms with Crippen molar-refractivity contribution in [1.82, 2.24) is 10.2 Å². The molecule has 0 amide bonds. The maximum Gasteiger partial charge on any atom is 0.200 e. The van der Waals surface area contributed by atoms with Crippen LogP contribution in [0.1, 0.15) is 11.6 Å². The third-order valence-electron chi connectivity index (χ3n) is 3.63. The van der Waals surface area contributed by atoms with Gasteiger partial charge in [-0.2, -0.15) is 0 Å². The molecule has 1 atom stereocenters. The molecule has 0 aromatic heterocycles. The Labute approximate surface area is 118 Å². The van der Waals surface area contributed by atoms with Gasteiger partial charge in [-0.3, -0.25) is 4.90 Å². The second-order valence-electron chi connectivity index (χ2n) is 4.73. The fourth-order valence-corrected chi connectivity index (χ4v) is 2.50. The minimum absolute atomic E-state index is 0.0586. The number of hydrogen-bond donors (Lipinski definition) is 2. The van der Waals surface area contributed by atoms with Crippen LogP contribution in [0.3, 0.4) is 0 Å². The van der Waals surface area contributed by atoms with Gasteiger partial charge in [-0.15, -0.1) is 0 Å². The second kappa shape index (κ2) is 6.76. The van der Waals surface area contributed by atoms with E-state index in [1.807, 2.05) is 0 Å². The van der Waals surface area contributed by atoms with Crippen molar-refractivity contribution in [2.24, 2.45) is 0 Å². The van der Waals surface area contributed by atoms with Crippen molar-refractivity contribution in [1.29, 1.82) is 0 Å². The van der Waals surface area contributed by atoms with Gasteiger partial charge < -0.3 is 19.9 Å². The quantitative estimate of drug-likeness (QED) is 0.854. The molecule has 1 heterocycles. The number of nitrogens with zero attached hydrogens (tertiary/aromatic N) is 1. The molecule has 0 radical (unpaired) electrons. The van der Waals surface area contributed by atoms with Gasteiger partial charge in [-0.25, -0.2) is 4.39 Å². The van der Waals surface area contributed by atoms with Crippen LogP contribution in [0.2, 0.25) is 0 Å². The molecular weight excluding hydrogens is 263 g/mol. The van der Waals surface area contributed by atoms with Gasteiger partial charge in [0, 0.05) is 26.2 Å². The Hall–Kier alpha value is -1.53. The molecule has 1 aromatic carbocycles. The summed E-state index contributed by atoms with van der Waals surface area (Å²) < 4.78 is 23.7. The number of nitrogens with one attached hydrogen (secondary N) is 1. The number of aromatic hydroxyl groups is 1. The molecule has 0 spiro atoms. The highest BCUT2D eigenvalue weighted by molar-refractivity contribution is 5.53. The maximum absolute atomic E-state index is 13.5. The lowest BCUT2D eigenvalue weighted by molar-refractivity contribution is 0.147. The van der Waals surface area contributed by atoms with Crippen LogP contribution in [0.5, 0.6) is 17.2 Å². The lowest BCUT2D eigenvalue weighted by Crippen LogP contribution is -2.45. The Morgan fingerprint density at radius 2 is 1.80 bits per heavy atom. The molecule has 5 nitrogen and oxygen atoms in total. The smallest absolute Gasteiger partial charge is 0.200 e. The standard InChI is InChI=1S/C14H21FN2O3/c1-19-12-7-10(8-13(20-2)14(12)18)11(9-15)17-5-3-16-4-6-17/h7-8,11,16,18H,3-6,9H2,1-2H3/t11-/m0/s1. The Balaban J connectivity index is 2.33. The molecule has 6 heteroatoms. The monoisotopic (exact) mass is 284 g/mol. The highest BCUT2D eigenvalue weighted by atomic mass is 19.1. The van der Waals surface area contributed by atoms with Crippen molar-refractivity contribution in [3.05, 3.63) is 17.7 Å². The average Bonchev–Trinajstić information content (AvgIpc) is 2.50. The Morgan fingerprint density at radius 1 is 1.25 bits per heavy atom. The van der Waals surface area contributed by atoms with Crippen LogP contribution >= 0.6 is 0 Å². The van der Waals surface area contributed by atoms with Gasteiger partial charge in [-0.1, -0.05) is 0 Å². The lowest BCUT2D eigenvalue weighted by atomic mass is 10.0. The molecule has 0 bridgehead atoms. The van der Waals surface area contributed by atoms with Gasteiger partial charge in [0.05, 0.1) is 20.3 Å². The summed E-state index contributed by atoms with van der Waals surface area (Å²) in [5.74, 6) is 0.539. The molecular formula is C14H21FN2O3. The van der Waals surface area contributed by atoms with Crippen molar-refractivity contribution in [2.75, 3.05) is 47.1 Å². The van der Waals surface area contributed by atoms with E-state index in [4.69, 9.17) is 9.47 Å². The fraction of sp³-hybridized carbons (Fsp3) is 0.571. The van der Waals surface area contributed by atoms with E-state index in [0.29, 0.717) is 11.5 Å². The summed E-state index contributed by atoms with van der Waals surface area (Å²) >= 11 is 0. The first kappa shape index (κ1) is 14.9. The molecule has 112 valence electrons. The molecule has 0 unspecified atom stereocenters. The number of phenols is 1. The van der Waals surface area contributed by atoms with Crippen LogP contribution in [-0.4, -0.2) is 57.1 Å². The van der Waals surface area contributed by atoms with Gasteiger partial charge in [0.25, 0.3) is 0 Å². The van der Waals surface area contributed by atoms with Gasteiger partial charge in [-0.05, 0) is 17.7 Å². The van der Waals surface area contributed by atoms with Gasteiger partial charge in [0.15, 0.2) is 11.5 Å². The van der Waals surface area contributed by atoms with Crippen molar-refractivity contribution in [2.45, 2.75) is 6.04 Å². The fourth-order valence-electron chi connectivity index (χ4n) is 2.50. The first-order chi connectivity index (χ1) is 9.71. The number of methoxy groups -OCH3 is 2. The Morgan fingerprint density at radius 3 is 2.25 bits per heavy atom. The van der Waals surface area contributed by atoms with E-state index < -0.39 is 6.67 Å². The van der Waals surface area contributed by atoms with E-state index in [1.165, 1.54) is 14.2 Å². The predicted octanol–water partition coefficient (Wildman–Crippen LogP) is 1.33. The van der Waals surface area contributed by atoms with E-state index in [0.717, 1.165) is 31.7 Å². The van der Waals surface area contributed by atoms with Gasteiger partial charge in [0.2, 0.25) is 5.75 Å². The number of rotatable bonds is 5. The number of benzene rings is 1. The number of ether oxygens (including phenoxy) is 2. The van der Waals surface area contributed by atoms with Crippen LogP contribution in [0, 0.1) is 0 Å². The summed E-state index contributed by atoms with van der Waals surface area (Å²) in [6.07, 6.45) is 0. The van der Waals surface area contributed by atoms with Crippen molar-refractivity contribution < 1.29 is 19.0 Å². The zero-order valence-corrected chi connectivity index (χ0v) is 11.9. The van der Waals surface area contributed by atoms with E-state index in [-0.39, 0.29) is 11.8 Å². The van der Waals surface area contributed by atoms with Crippen LogP contribution in [-0.2, 0) is 0 Å². The summed E-state index contributed by atoms with van der Waals surface area (Å²) in [5, 5.41) is 13.2. The SMILES string of the molecule is COc1cc([C@H](CF)N2CCNCC2)cc(OC)c1O. The molecule has 2 rings (SSSR count). The number of piperazine rings is 1. The topological polar surface area (TPSA) is 54.0 Å². The largest absolute Gasteiger partial charge is 0.502 e. The highest BCUT2D eigenvalue weighted by Crippen LogP contribution is 2.39. The van der Waals surface area contributed by atoms with Gasteiger partial charge >= 0.3 is 0 Å². The van der Waals surface area contributed by atoms with E-state index in [9.17, 15) is 9.50 Å². The molecule has 1 fully saturated rings. The zero-order valence-electron chi connectivity index (χ0n) is 11.9. The van der Waals surface area contributed by atoms with E-state index in [2.05, 4.69) is 10.2 Å². The average molecular weight is 284 g/mol. The van der Waals surface area contributed by atoms with Crippen molar-refractivity contribution in [3.8, 4) is 17.2 Å². The molecule has 1 aliphatic heterocycles. The summed E-state index contributed by atoms with van der Waals surface area (Å²) in [4.78, 5) is 2.09. The number of phenolic OH excluding ortho intramolecular Hbond substituents is 1. The van der Waals surface area contributed by atoms with Crippen molar-refractivity contribution >= 4 is 0 Å². The Bertz CT molecular complexity index is 425. The highest BCUT2D eigenvalue weighted by Gasteiger charge is 2.24. The summed E-state index contributed by atoms with van der Waals surface area (Å²) in [7, 11) is 2.93. The predicted molar refractivity (Wildman–Crippen MR) is 74.4 cm³/mol. The molecule has 1 saturated heterocycles. The van der Waals surface area contributed by atoms with Gasteiger partial charge in [0.1, 0.15) is 6.67 Å². The second-order valence-corrected chi connectivity index (χ2v) is 4.73. The van der Waals surface area contributed by atoms with E-state index in [1.54, 1.807) is 12.1 Å². The molecule has 1 aliphatic rings. The molecule has 20 heavy (non-hydrogen) atoms. The number of alkyl halides is 1. The maximum atomic E-state index is 13.5. The Kier molecular flexibility index (Phi) is 5.03. The lowest BCUT2D eigenvalue weighted by Gasteiger charge is -2.34.